The van der Waals surface area contributed by atoms with Crippen LogP contribution in [0.3, 0.4) is 0 Å². The van der Waals surface area contributed by atoms with Gasteiger partial charge in [-0.2, -0.15) is 0 Å². The summed E-state index contributed by atoms with van der Waals surface area (Å²) in [6, 6.07) is 10.8. The first-order chi connectivity index (χ1) is 12.3. The molecule has 0 atom stereocenters. The second-order valence-corrected chi connectivity index (χ2v) is 8.50. The maximum absolute atomic E-state index is 12.9. The summed E-state index contributed by atoms with van der Waals surface area (Å²) in [6.07, 6.45) is 1.30. The maximum Gasteiger partial charge on any atom is 0.235 e. The Labute approximate surface area is 156 Å². The lowest BCUT2D eigenvalue weighted by Gasteiger charge is -2.19. The molecule has 0 aromatic heterocycles. The van der Waals surface area contributed by atoms with Gasteiger partial charge < -0.3 is 5.32 Å². The van der Waals surface area contributed by atoms with Crippen molar-refractivity contribution in [3.05, 3.63) is 58.9 Å². The lowest BCUT2D eigenvalue weighted by atomic mass is 10.1. The first-order valence-electron chi connectivity index (χ1n) is 8.19. The van der Waals surface area contributed by atoms with Gasteiger partial charge in [0, 0.05) is 18.7 Å². The van der Waals surface area contributed by atoms with E-state index in [-0.39, 0.29) is 28.9 Å². The third-order valence-corrected chi connectivity index (χ3v) is 6.31. The number of nitrogens with zero attached hydrogens (tertiary/aromatic N) is 1. The molecule has 1 saturated heterocycles. The molecule has 2 aromatic rings. The quantitative estimate of drug-likeness (QED) is 0.839. The molecule has 0 unspecified atom stereocenters. The number of halogens is 2. The van der Waals surface area contributed by atoms with Gasteiger partial charge in [0.05, 0.1) is 16.5 Å². The van der Waals surface area contributed by atoms with Crippen LogP contribution in [0.2, 0.25) is 5.02 Å². The number of carbonyl (C=O) groups excluding carboxylic acids is 1. The van der Waals surface area contributed by atoms with Crippen molar-refractivity contribution < 1.29 is 17.6 Å². The summed E-state index contributed by atoms with van der Waals surface area (Å²) in [4.78, 5) is 12.1. The van der Waals surface area contributed by atoms with Crippen LogP contribution in [0.15, 0.2) is 42.5 Å². The van der Waals surface area contributed by atoms with Crippen molar-refractivity contribution in [3.8, 4) is 0 Å². The Bertz CT molecular complexity index is 917. The molecule has 0 radical (unpaired) electrons. The van der Waals surface area contributed by atoms with Crippen LogP contribution in [0, 0.1) is 5.82 Å². The molecule has 1 fully saturated rings. The van der Waals surface area contributed by atoms with Crippen LogP contribution in [0.4, 0.5) is 15.8 Å². The average Bonchev–Trinajstić information content (AvgIpc) is 2.94. The molecule has 5 nitrogen and oxygen atoms in total. The van der Waals surface area contributed by atoms with E-state index >= 15 is 0 Å². The molecule has 1 aliphatic heterocycles. The van der Waals surface area contributed by atoms with Crippen LogP contribution in [-0.2, 0) is 21.2 Å². The topological polar surface area (TPSA) is 66.5 Å². The van der Waals surface area contributed by atoms with Crippen molar-refractivity contribution >= 4 is 38.9 Å². The fourth-order valence-corrected chi connectivity index (χ4v) is 4.74. The molecule has 0 bridgehead atoms. The van der Waals surface area contributed by atoms with Crippen LogP contribution >= 0.6 is 11.6 Å². The minimum atomic E-state index is -3.31. The third kappa shape index (κ3) is 4.34. The zero-order valence-corrected chi connectivity index (χ0v) is 15.5. The van der Waals surface area contributed by atoms with Gasteiger partial charge in [-0.05, 0) is 48.7 Å². The molecule has 26 heavy (non-hydrogen) atoms. The lowest BCUT2D eigenvalue weighted by Crippen LogP contribution is -2.25. The zero-order valence-electron chi connectivity index (χ0n) is 13.9. The largest absolute Gasteiger partial charge is 0.326 e. The standard InChI is InChI=1S/C18H18ClFN2O3S/c19-16-12-15(7-8-17(16)22-10-1-11-26(22,24)25)21-18(23)9-4-13-2-5-14(20)6-3-13/h2-3,5-8,12H,1,4,9-11H2,(H,21,23). The maximum atomic E-state index is 12.9. The molecule has 1 N–H and O–H groups in total. The molecule has 1 aliphatic rings. The fraction of sp³-hybridized carbons (Fsp3) is 0.278. The van der Waals surface area contributed by atoms with Gasteiger partial charge in [-0.1, -0.05) is 23.7 Å². The van der Waals surface area contributed by atoms with E-state index in [4.69, 9.17) is 11.6 Å². The van der Waals surface area contributed by atoms with Crippen molar-refractivity contribution in [2.45, 2.75) is 19.3 Å². The molecule has 8 heteroatoms. The molecule has 1 amide bonds. The Morgan fingerprint density at radius 2 is 1.92 bits per heavy atom. The minimum absolute atomic E-state index is 0.116. The number of hydrogen-bond donors (Lipinski definition) is 1. The number of sulfonamides is 1. The predicted molar refractivity (Wildman–Crippen MR) is 101 cm³/mol. The Morgan fingerprint density at radius 3 is 2.54 bits per heavy atom. The molecule has 1 heterocycles. The van der Waals surface area contributed by atoms with E-state index in [1.54, 1.807) is 30.3 Å². The van der Waals surface area contributed by atoms with Crippen LogP contribution in [0.1, 0.15) is 18.4 Å². The van der Waals surface area contributed by atoms with Crippen molar-refractivity contribution in [3.63, 3.8) is 0 Å². The smallest absolute Gasteiger partial charge is 0.235 e. The van der Waals surface area contributed by atoms with Crippen LogP contribution in [0.5, 0.6) is 0 Å². The van der Waals surface area contributed by atoms with E-state index in [1.165, 1.54) is 16.4 Å². The average molecular weight is 397 g/mol. The first kappa shape index (κ1) is 18.7. The molecule has 0 spiro atoms. The molecule has 0 saturated carbocycles. The SMILES string of the molecule is O=C(CCc1ccc(F)cc1)Nc1ccc(N2CCCS2(=O)=O)c(Cl)c1. The first-order valence-corrected chi connectivity index (χ1v) is 10.2. The molecule has 0 aliphatic carbocycles. The van der Waals surface area contributed by atoms with Gasteiger partial charge in [0.15, 0.2) is 0 Å². The number of rotatable bonds is 5. The van der Waals surface area contributed by atoms with Gasteiger partial charge >= 0.3 is 0 Å². The summed E-state index contributed by atoms with van der Waals surface area (Å²) in [5.41, 5.74) is 1.79. The van der Waals surface area contributed by atoms with Crippen molar-refractivity contribution in [2.75, 3.05) is 21.9 Å². The number of nitrogens with one attached hydrogen (secondary N) is 1. The summed E-state index contributed by atoms with van der Waals surface area (Å²) < 4.78 is 38.2. The Hall–Kier alpha value is -2.12. The number of anilines is 2. The Kier molecular flexibility index (Phi) is 5.48. The summed E-state index contributed by atoms with van der Waals surface area (Å²) in [6.45, 7) is 0.408. The van der Waals surface area contributed by atoms with E-state index in [0.29, 0.717) is 30.8 Å². The highest BCUT2D eigenvalue weighted by atomic mass is 35.5. The van der Waals surface area contributed by atoms with Gasteiger partial charge in [0.1, 0.15) is 5.82 Å². The highest BCUT2D eigenvalue weighted by Crippen LogP contribution is 2.33. The van der Waals surface area contributed by atoms with Gasteiger partial charge in [0.2, 0.25) is 15.9 Å². The van der Waals surface area contributed by atoms with Crippen molar-refractivity contribution in [1.29, 1.82) is 0 Å². The van der Waals surface area contributed by atoms with Gasteiger partial charge in [-0.3, -0.25) is 9.10 Å². The van der Waals surface area contributed by atoms with Crippen LogP contribution < -0.4 is 9.62 Å². The number of carbonyl (C=O) groups is 1. The second-order valence-electron chi connectivity index (χ2n) is 6.08. The third-order valence-electron chi connectivity index (χ3n) is 4.15. The summed E-state index contributed by atoms with van der Waals surface area (Å²) in [5, 5.41) is 3.01. The monoisotopic (exact) mass is 396 g/mol. The van der Waals surface area contributed by atoms with Gasteiger partial charge in [-0.25, -0.2) is 12.8 Å². The second kappa shape index (κ2) is 7.63. The highest BCUT2D eigenvalue weighted by Gasteiger charge is 2.29. The summed E-state index contributed by atoms with van der Waals surface area (Å²) >= 11 is 6.22. The van der Waals surface area contributed by atoms with Crippen LogP contribution in [-0.4, -0.2) is 26.6 Å². The number of amides is 1. The minimum Gasteiger partial charge on any atom is -0.326 e. The van der Waals surface area contributed by atoms with E-state index in [9.17, 15) is 17.6 Å². The number of benzene rings is 2. The predicted octanol–water partition coefficient (Wildman–Crippen LogP) is 3.59. The van der Waals surface area contributed by atoms with E-state index < -0.39 is 10.0 Å². The Balaban J connectivity index is 1.62. The molecule has 2 aromatic carbocycles. The number of aryl methyl sites for hydroxylation is 1. The normalized spacial score (nSPS) is 15.8. The molecular weight excluding hydrogens is 379 g/mol. The highest BCUT2D eigenvalue weighted by molar-refractivity contribution is 7.93. The Morgan fingerprint density at radius 1 is 1.19 bits per heavy atom. The number of hydrogen-bond acceptors (Lipinski definition) is 3. The zero-order chi connectivity index (χ0) is 18.7. The van der Waals surface area contributed by atoms with Crippen molar-refractivity contribution in [2.24, 2.45) is 0 Å². The lowest BCUT2D eigenvalue weighted by molar-refractivity contribution is -0.116. The van der Waals surface area contributed by atoms with E-state index in [0.717, 1.165) is 5.56 Å². The molecule has 3 rings (SSSR count). The molecule has 138 valence electrons. The van der Waals surface area contributed by atoms with Gasteiger partial charge in [-0.15, -0.1) is 0 Å². The van der Waals surface area contributed by atoms with E-state index in [2.05, 4.69) is 5.32 Å². The van der Waals surface area contributed by atoms with Crippen molar-refractivity contribution in [1.82, 2.24) is 0 Å². The summed E-state index contributed by atoms with van der Waals surface area (Å²) in [7, 11) is -3.31. The van der Waals surface area contributed by atoms with E-state index in [1.807, 2.05) is 0 Å². The summed E-state index contributed by atoms with van der Waals surface area (Å²) in [5.74, 6) is -0.398. The van der Waals surface area contributed by atoms with Gasteiger partial charge in [0.25, 0.3) is 0 Å². The fourth-order valence-electron chi connectivity index (χ4n) is 2.83. The van der Waals surface area contributed by atoms with Crippen LogP contribution in [0.25, 0.3) is 0 Å². The molecular formula is C18H18ClFN2O3S.